The number of rotatable bonds is 23. The van der Waals surface area contributed by atoms with E-state index in [2.05, 4.69) is 34.4 Å². The number of nitrogens with one attached hydrogen (secondary N) is 2. The second kappa shape index (κ2) is 21.3. The van der Waals surface area contributed by atoms with Gasteiger partial charge in [0.15, 0.2) is 22.8 Å². The number of fused-ring (bicyclic) bond motifs is 1. The quantitative estimate of drug-likeness (QED) is 0.0418. The van der Waals surface area contributed by atoms with Gasteiger partial charge < -0.3 is 50.9 Å². The molecule has 1 aliphatic rings. The molecule has 0 aliphatic carbocycles. The molecule has 24 nitrogen and oxygen atoms in total. The van der Waals surface area contributed by atoms with Crippen LogP contribution in [-0.4, -0.2) is 123 Å². The third-order valence-electron chi connectivity index (χ3n) is 7.72. The van der Waals surface area contributed by atoms with E-state index in [1.54, 1.807) is 0 Å². The molecule has 1 fully saturated rings. The monoisotopic (exact) mass is 889 g/mol. The second-order valence-corrected chi connectivity index (χ2v) is 18.2. The fraction of sp³-hybridized carbons (Fsp3) is 0.586. The number of thioether (sulfide) groups is 1. The first-order valence-corrected chi connectivity index (χ1v) is 22.4. The van der Waals surface area contributed by atoms with Gasteiger partial charge in [0.25, 0.3) is 0 Å². The van der Waals surface area contributed by atoms with E-state index in [4.69, 9.17) is 19.5 Å². The van der Waals surface area contributed by atoms with Crippen LogP contribution in [0.3, 0.4) is 0 Å². The van der Waals surface area contributed by atoms with E-state index >= 15 is 0 Å². The van der Waals surface area contributed by atoms with Crippen molar-refractivity contribution in [3.05, 3.63) is 37.0 Å². The first-order valence-electron chi connectivity index (χ1n) is 16.9. The van der Waals surface area contributed by atoms with Gasteiger partial charge in [0.1, 0.15) is 36.3 Å². The molecule has 3 heterocycles. The number of allylic oxidation sites excluding steroid dienone is 4. The van der Waals surface area contributed by atoms with E-state index in [9.17, 15) is 57.9 Å². The predicted octanol–water partition coefficient (Wildman–Crippen LogP) is 0.577. The zero-order valence-electron chi connectivity index (χ0n) is 30.8. The van der Waals surface area contributed by atoms with Crippen LogP contribution >= 0.6 is 35.2 Å². The number of ether oxygens (including phenoxy) is 1. The third-order valence-corrected chi connectivity index (χ3v) is 11.8. The maximum Gasteiger partial charge on any atom is 0.481 e. The van der Waals surface area contributed by atoms with Gasteiger partial charge in [0, 0.05) is 37.1 Å². The number of hydrogen-bond acceptors (Lipinski definition) is 18. The third kappa shape index (κ3) is 15.6. The Balaban J connectivity index is 1.46. The number of aliphatic hydroxyl groups is 2. The lowest BCUT2D eigenvalue weighted by molar-refractivity contribution is -0.137. The molecule has 7 atom stereocenters. The number of carbonyl (C=O) groups excluding carboxylic acids is 3. The number of amides is 2. The highest BCUT2D eigenvalue weighted by Gasteiger charge is 2.50. The van der Waals surface area contributed by atoms with Crippen LogP contribution in [0.25, 0.3) is 11.2 Å². The molecule has 0 spiro atoms. The van der Waals surface area contributed by atoms with Crippen molar-refractivity contribution in [3.63, 3.8) is 0 Å². The number of nitrogen functional groups attached to an aromatic ring is 1. The van der Waals surface area contributed by atoms with Crippen LogP contribution in [0.2, 0.25) is 0 Å². The number of phosphoric acid groups is 3. The number of imidazole rings is 1. The first-order chi connectivity index (χ1) is 26.6. The molecule has 1 saturated heterocycles. The number of anilines is 1. The van der Waals surface area contributed by atoms with Gasteiger partial charge in [0.2, 0.25) is 11.8 Å². The van der Waals surface area contributed by atoms with Crippen LogP contribution in [0.5, 0.6) is 0 Å². The number of nitrogens with zero attached hydrogens (tertiary/aromatic N) is 4. The minimum absolute atomic E-state index is 0.0219. The molecule has 0 radical (unpaired) electrons. The average molecular weight is 890 g/mol. The number of hydrogen-bond donors (Lipinski definition) is 9. The van der Waals surface area contributed by atoms with Crippen molar-refractivity contribution in [2.75, 3.05) is 37.8 Å². The summed E-state index contributed by atoms with van der Waals surface area (Å²) in [7, 11) is -16.4. The Bertz CT molecular complexity index is 1910. The van der Waals surface area contributed by atoms with Crippen molar-refractivity contribution < 1.29 is 80.5 Å². The summed E-state index contributed by atoms with van der Waals surface area (Å²) in [5, 5.41) is 26.4. The molecular weight excluding hydrogens is 843 g/mol. The van der Waals surface area contributed by atoms with E-state index in [1.807, 2.05) is 31.2 Å². The van der Waals surface area contributed by atoms with Crippen molar-refractivity contribution in [1.82, 2.24) is 30.2 Å². The van der Waals surface area contributed by atoms with Crippen LogP contribution in [0.4, 0.5) is 5.82 Å². The summed E-state index contributed by atoms with van der Waals surface area (Å²) in [6, 6.07) is 0. The van der Waals surface area contributed by atoms with Crippen LogP contribution in [0, 0.1) is 5.41 Å². The number of phosphoric ester groups is 3. The molecule has 57 heavy (non-hydrogen) atoms. The molecule has 1 aliphatic heterocycles. The van der Waals surface area contributed by atoms with Gasteiger partial charge >= 0.3 is 23.5 Å². The molecule has 0 saturated carbocycles. The lowest BCUT2D eigenvalue weighted by Crippen LogP contribution is -2.46. The zero-order valence-corrected chi connectivity index (χ0v) is 34.3. The van der Waals surface area contributed by atoms with Gasteiger partial charge in [-0.25, -0.2) is 28.6 Å². The second-order valence-electron chi connectivity index (χ2n) is 12.8. The molecule has 28 heteroatoms. The smallest absolute Gasteiger partial charge is 0.386 e. The average Bonchev–Trinajstić information content (AvgIpc) is 3.68. The van der Waals surface area contributed by atoms with E-state index in [0.29, 0.717) is 18.6 Å². The summed E-state index contributed by atoms with van der Waals surface area (Å²) in [5.74, 6) is -1.10. The van der Waals surface area contributed by atoms with Gasteiger partial charge in [-0.3, -0.25) is 32.5 Å². The number of aliphatic hydroxyl groups excluding tert-OH is 2. The number of carbonyl (C=O) groups is 3. The van der Waals surface area contributed by atoms with Gasteiger partial charge in [-0.2, -0.15) is 4.31 Å². The van der Waals surface area contributed by atoms with Gasteiger partial charge in [-0.15, -0.1) is 0 Å². The molecule has 7 unspecified atom stereocenters. The highest BCUT2D eigenvalue weighted by Crippen LogP contribution is 2.61. The molecule has 2 aromatic heterocycles. The lowest BCUT2D eigenvalue weighted by atomic mass is 9.87. The molecule has 0 aromatic carbocycles. The highest BCUT2D eigenvalue weighted by molar-refractivity contribution is 8.13. The molecule has 320 valence electrons. The first kappa shape index (κ1) is 48.4. The predicted molar refractivity (Wildman–Crippen MR) is 200 cm³/mol. The van der Waals surface area contributed by atoms with Crippen molar-refractivity contribution >= 4 is 69.1 Å². The molecular formula is C29H46N7O17P3S. The van der Waals surface area contributed by atoms with Crippen LogP contribution < -0.4 is 16.4 Å². The standard InChI is InChI=1S/C29H46N7O17P3S/c1-4-5-6-7-8-9-20(38)57-13-12-31-19(37)10-11-32-27(41)24(40)29(2,3)15-50-56(47,48)53-55(45,46)49-14-18-23(52-54(42,43)44)22(39)28(51-18)36-17-35-21-25(30)33-16-34-26(21)36/h4-7,16-18,22-24,28,39-40H,8-15H2,1-3H3,(H,31,37)(H,32,41)(H,45,46)(H,47,48)(H2,30,33,34)(H2,42,43,44)/b5-4+,7-6+. The topological polar surface area (TPSA) is 364 Å². The van der Waals surface area contributed by atoms with E-state index < -0.39 is 84.6 Å². The molecule has 0 bridgehead atoms. The maximum atomic E-state index is 12.7. The summed E-state index contributed by atoms with van der Waals surface area (Å²) >= 11 is 1.08. The minimum atomic E-state index is -5.57. The van der Waals surface area contributed by atoms with E-state index in [0.717, 1.165) is 29.0 Å². The molecule has 2 amide bonds. The summed E-state index contributed by atoms with van der Waals surface area (Å²) < 4.78 is 62.1. The Labute approximate surface area is 330 Å². The maximum absolute atomic E-state index is 12.7. The molecule has 2 aromatic rings. The van der Waals surface area contributed by atoms with Gasteiger partial charge in [0.05, 0.1) is 19.5 Å². The van der Waals surface area contributed by atoms with Crippen molar-refractivity contribution in [3.8, 4) is 0 Å². The molecule has 10 N–H and O–H groups in total. The van der Waals surface area contributed by atoms with Crippen LogP contribution in [0.15, 0.2) is 37.0 Å². The zero-order chi connectivity index (χ0) is 42.6. The fourth-order valence-corrected chi connectivity index (χ4v) is 8.38. The van der Waals surface area contributed by atoms with E-state index in [-0.39, 0.29) is 41.6 Å². The van der Waals surface area contributed by atoms with Crippen LogP contribution in [0.1, 0.15) is 46.3 Å². The van der Waals surface area contributed by atoms with Gasteiger partial charge in [-0.05, 0) is 13.3 Å². The van der Waals surface area contributed by atoms with Crippen molar-refractivity contribution in [2.24, 2.45) is 5.41 Å². The largest absolute Gasteiger partial charge is 0.481 e. The number of aromatic nitrogens is 4. The normalized spacial score (nSPS) is 21.8. The minimum Gasteiger partial charge on any atom is -0.386 e. The highest BCUT2D eigenvalue weighted by atomic mass is 32.2. The Morgan fingerprint density at radius 2 is 1.75 bits per heavy atom. The Morgan fingerprint density at radius 1 is 1.05 bits per heavy atom. The van der Waals surface area contributed by atoms with Crippen LogP contribution in [-0.2, 0) is 50.7 Å². The summed E-state index contributed by atoms with van der Waals surface area (Å²) in [6.07, 6.45) is 1.48. The fourth-order valence-electron chi connectivity index (χ4n) is 4.85. The Kier molecular flexibility index (Phi) is 18.1. The van der Waals surface area contributed by atoms with Gasteiger partial charge in [-0.1, -0.05) is 49.9 Å². The summed E-state index contributed by atoms with van der Waals surface area (Å²) in [6.45, 7) is 2.38. The molecule has 3 rings (SSSR count). The number of nitrogens with two attached hydrogens (primary N) is 1. The Hall–Kier alpha value is -2.96. The van der Waals surface area contributed by atoms with Crippen molar-refractivity contribution in [2.45, 2.75) is 70.7 Å². The summed E-state index contributed by atoms with van der Waals surface area (Å²) in [5.41, 5.74) is 4.26. The summed E-state index contributed by atoms with van der Waals surface area (Å²) in [4.78, 5) is 87.5. The SMILES string of the molecule is C/C=C/C=C/CCC(=O)SCCNC(=O)CCNC(=O)C(O)C(C)(C)COP(=O)(O)OP(=O)(O)OCC1OC(n2cnc3c(N)ncnc32)C(O)C1OP(=O)(O)O. The van der Waals surface area contributed by atoms with Crippen molar-refractivity contribution in [1.29, 1.82) is 0 Å². The van der Waals surface area contributed by atoms with E-state index in [1.165, 1.54) is 13.8 Å². The Morgan fingerprint density at radius 3 is 2.44 bits per heavy atom. The lowest BCUT2D eigenvalue weighted by Gasteiger charge is -2.30.